The lowest BCUT2D eigenvalue weighted by molar-refractivity contribution is -0.0205. The monoisotopic (exact) mass is 310 g/mol. The summed E-state index contributed by atoms with van der Waals surface area (Å²) in [4.78, 5) is 11.5. The van der Waals surface area contributed by atoms with Crippen LogP contribution in [0.3, 0.4) is 0 Å². The maximum Gasteiger partial charge on any atom is 0.253 e. The average molecular weight is 311 g/mol. The van der Waals surface area contributed by atoms with Crippen LogP contribution in [0.2, 0.25) is 5.02 Å². The zero-order valence-corrected chi connectivity index (χ0v) is 12.5. The molecule has 0 bridgehead atoms. The number of carbonyl (C=O) groups is 1. The number of piperidine rings is 1. The molecule has 0 aromatic heterocycles. The van der Waals surface area contributed by atoms with Crippen molar-refractivity contribution in [1.82, 2.24) is 5.32 Å². The highest BCUT2D eigenvalue weighted by molar-refractivity contribution is 6.34. The van der Waals surface area contributed by atoms with Crippen LogP contribution < -0.4 is 15.8 Å². The van der Waals surface area contributed by atoms with Gasteiger partial charge in [-0.3, -0.25) is 4.79 Å². The van der Waals surface area contributed by atoms with E-state index in [0.717, 1.165) is 32.4 Å². The first-order valence-electron chi connectivity index (χ1n) is 7.19. The number of ether oxygens (including phenoxy) is 2. The van der Waals surface area contributed by atoms with E-state index >= 15 is 0 Å². The minimum atomic E-state index is -0.578. The number of hydrogen-bond donors (Lipinski definition) is 2. The number of nitrogens with one attached hydrogen (secondary N) is 1. The molecule has 1 aromatic rings. The number of primary amides is 1. The normalized spacial score (nSPS) is 24.1. The van der Waals surface area contributed by atoms with Gasteiger partial charge in [-0.05, 0) is 38.1 Å². The van der Waals surface area contributed by atoms with E-state index in [1.165, 1.54) is 0 Å². The number of halogens is 1. The molecule has 2 saturated heterocycles. The van der Waals surface area contributed by atoms with Crippen LogP contribution in [0.25, 0.3) is 0 Å². The Labute approximate surface area is 128 Å². The summed E-state index contributed by atoms with van der Waals surface area (Å²) in [5, 5.41) is 3.65. The zero-order chi connectivity index (χ0) is 14.9. The smallest absolute Gasteiger partial charge is 0.253 e. The summed E-state index contributed by atoms with van der Waals surface area (Å²) < 4.78 is 11.9. The maximum atomic E-state index is 11.5. The zero-order valence-electron chi connectivity index (χ0n) is 11.7. The molecule has 6 heteroatoms. The first-order chi connectivity index (χ1) is 10.1. The standard InChI is InChI=1S/C15H19ClN2O3/c16-11-2-1-3-12(13(11)14(17)19)21-10-8-15(20-9-10)4-6-18-7-5-15/h1-3,10,18H,4-9H2,(H2,17,19). The van der Waals surface area contributed by atoms with Crippen molar-refractivity contribution >= 4 is 17.5 Å². The lowest BCUT2D eigenvalue weighted by Crippen LogP contribution is -2.41. The Balaban J connectivity index is 1.73. The Morgan fingerprint density at radius 3 is 2.90 bits per heavy atom. The quantitative estimate of drug-likeness (QED) is 0.891. The van der Waals surface area contributed by atoms with Crippen LogP contribution in [0, 0.1) is 0 Å². The van der Waals surface area contributed by atoms with Crippen LogP contribution in [0.1, 0.15) is 29.6 Å². The highest BCUT2D eigenvalue weighted by Gasteiger charge is 2.42. The van der Waals surface area contributed by atoms with Gasteiger partial charge in [-0.25, -0.2) is 0 Å². The fourth-order valence-electron chi connectivity index (χ4n) is 3.13. The molecule has 0 saturated carbocycles. The van der Waals surface area contributed by atoms with Gasteiger partial charge in [0.1, 0.15) is 11.9 Å². The first-order valence-corrected chi connectivity index (χ1v) is 7.57. The molecule has 3 rings (SSSR count). The van der Waals surface area contributed by atoms with Gasteiger partial charge in [-0.2, -0.15) is 0 Å². The lowest BCUT2D eigenvalue weighted by Gasteiger charge is -2.32. The van der Waals surface area contributed by atoms with Crippen molar-refractivity contribution < 1.29 is 14.3 Å². The summed E-state index contributed by atoms with van der Waals surface area (Å²) in [6.07, 6.45) is 2.75. The van der Waals surface area contributed by atoms with E-state index in [0.29, 0.717) is 17.4 Å². The molecule has 2 fully saturated rings. The van der Waals surface area contributed by atoms with E-state index in [2.05, 4.69) is 5.32 Å². The van der Waals surface area contributed by atoms with Crippen molar-refractivity contribution in [2.75, 3.05) is 19.7 Å². The van der Waals surface area contributed by atoms with Gasteiger partial charge in [-0.1, -0.05) is 17.7 Å². The van der Waals surface area contributed by atoms with Crippen molar-refractivity contribution in [3.05, 3.63) is 28.8 Å². The van der Waals surface area contributed by atoms with Crippen LogP contribution in [0.15, 0.2) is 18.2 Å². The van der Waals surface area contributed by atoms with Gasteiger partial charge < -0.3 is 20.5 Å². The Morgan fingerprint density at radius 1 is 1.43 bits per heavy atom. The molecule has 3 N–H and O–H groups in total. The molecule has 5 nitrogen and oxygen atoms in total. The van der Waals surface area contributed by atoms with Gasteiger partial charge >= 0.3 is 0 Å². The maximum absolute atomic E-state index is 11.5. The highest BCUT2D eigenvalue weighted by Crippen LogP contribution is 2.36. The Kier molecular flexibility index (Phi) is 4.06. The molecule has 1 atom stereocenters. The molecule has 1 spiro atoms. The van der Waals surface area contributed by atoms with E-state index in [1.54, 1.807) is 18.2 Å². The molecule has 0 aliphatic carbocycles. The molecule has 0 radical (unpaired) electrons. The molecule has 21 heavy (non-hydrogen) atoms. The van der Waals surface area contributed by atoms with E-state index in [4.69, 9.17) is 26.8 Å². The highest BCUT2D eigenvalue weighted by atomic mass is 35.5. The number of carbonyl (C=O) groups excluding carboxylic acids is 1. The van der Waals surface area contributed by atoms with Crippen LogP contribution >= 0.6 is 11.6 Å². The van der Waals surface area contributed by atoms with Crippen LogP contribution in [0.4, 0.5) is 0 Å². The summed E-state index contributed by atoms with van der Waals surface area (Å²) in [5.41, 5.74) is 5.54. The second kappa shape index (κ2) is 5.83. The predicted molar refractivity (Wildman–Crippen MR) is 79.8 cm³/mol. The Bertz CT molecular complexity index is 544. The molecule has 1 aromatic carbocycles. The molecule has 2 aliphatic rings. The second-order valence-corrected chi connectivity index (χ2v) is 6.07. The predicted octanol–water partition coefficient (Wildman–Crippen LogP) is 1.73. The van der Waals surface area contributed by atoms with Crippen molar-refractivity contribution in [2.45, 2.75) is 31.0 Å². The molecule has 2 heterocycles. The molecular formula is C15H19ClN2O3. The van der Waals surface area contributed by atoms with Gasteiger partial charge in [0, 0.05) is 6.42 Å². The largest absolute Gasteiger partial charge is 0.487 e. The van der Waals surface area contributed by atoms with Gasteiger partial charge in [0.05, 0.1) is 22.8 Å². The lowest BCUT2D eigenvalue weighted by atomic mass is 9.89. The molecule has 2 aliphatic heterocycles. The van der Waals surface area contributed by atoms with Crippen molar-refractivity contribution in [3.8, 4) is 5.75 Å². The third-order valence-electron chi connectivity index (χ3n) is 4.21. The minimum absolute atomic E-state index is 0.0698. The number of benzene rings is 1. The third-order valence-corrected chi connectivity index (χ3v) is 4.52. The topological polar surface area (TPSA) is 73.6 Å². The van der Waals surface area contributed by atoms with Gasteiger partial charge in [0.15, 0.2) is 0 Å². The Morgan fingerprint density at radius 2 is 2.19 bits per heavy atom. The molecule has 1 amide bonds. The number of amides is 1. The molecule has 114 valence electrons. The van der Waals surface area contributed by atoms with Gasteiger partial charge in [0.25, 0.3) is 5.91 Å². The fourth-order valence-corrected chi connectivity index (χ4v) is 3.39. The number of rotatable bonds is 3. The van der Waals surface area contributed by atoms with Crippen LogP contribution in [-0.4, -0.2) is 37.3 Å². The van der Waals surface area contributed by atoms with E-state index in [9.17, 15) is 4.79 Å². The summed E-state index contributed by atoms with van der Waals surface area (Å²) in [6.45, 7) is 2.47. The second-order valence-electron chi connectivity index (χ2n) is 5.67. The summed E-state index contributed by atoms with van der Waals surface area (Å²) in [5.74, 6) is -0.138. The number of nitrogens with two attached hydrogens (primary N) is 1. The SMILES string of the molecule is NC(=O)c1c(Cl)cccc1OC1COC2(CCNCC2)C1. The number of hydrogen-bond acceptors (Lipinski definition) is 4. The summed E-state index contributed by atoms with van der Waals surface area (Å²) in [6, 6.07) is 5.10. The van der Waals surface area contributed by atoms with E-state index in [-0.39, 0.29) is 17.3 Å². The van der Waals surface area contributed by atoms with Crippen LogP contribution in [-0.2, 0) is 4.74 Å². The van der Waals surface area contributed by atoms with Crippen molar-refractivity contribution in [1.29, 1.82) is 0 Å². The summed E-state index contributed by atoms with van der Waals surface area (Å²) >= 11 is 6.03. The average Bonchev–Trinajstić information content (AvgIpc) is 2.82. The summed E-state index contributed by atoms with van der Waals surface area (Å²) in [7, 11) is 0. The molecular weight excluding hydrogens is 292 g/mol. The van der Waals surface area contributed by atoms with E-state index in [1.807, 2.05) is 0 Å². The third kappa shape index (κ3) is 3.00. The fraction of sp³-hybridized carbons (Fsp3) is 0.533. The van der Waals surface area contributed by atoms with Gasteiger partial charge in [-0.15, -0.1) is 0 Å². The first kappa shape index (κ1) is 14.6. The Hall–Kier alpha value is -1.30. The van der Waals surface area contributed by atoms with Crippen molar-refractivity contribution in [3.63, 3.8) is 0 Å². The molecule has 1 unspecified atom stereocenters. The van der Waals surface area contributed by atoms with E-state index < -0.39 is 5.91 Å². The van der Waals surface area contributed by atoms with Gasteiger partial charge in [0.2, 0.25) is 0 Å². The van der Waals surface area contributed by atoms with Crippen molar-refractivity contribution in [2.24, 2.45) is 5.73 Å². The minimum Gasteiger partial charge on any atom is -0.487 e. The van der Waals surface area contributed by atoms with Crippen LogP contribution in [0.5, 0.6) is 5.75 Å².